The number of carbonyl (C=O) groups is 1. The van der Waals surface area contributed by atoms with Gasteiger partial charge in [-0.3, -0.25) is 19.8 Å². The molecule has 0 spiro atoms. The van der Waals surface area contributed by atoms with E-state index in [0.717, 1.165) is 57.8 Å². The average molecular weight is 565 g/mol. The number of non-ortho nitro benzene ring substituents is 1. The summed E-state index contributed by atoms with van der Waals surface area (Å²) in [6.07, 6.45) is 6.46. The Hall–Kier alpha value is -4.17. The van der Waals surface area contributed by atoms with E-state index in [2.05, 4.69) is 30.5 Å². The SMILES string of the molecule is Cc1c(/C=C2\SC(=Nc3ccccc3)N([C@@H]3CCCC[C@H]3C)C2=O)c2ccccc2n1Cc1ccc([N+](=O)[O-])cc1. The molecule has 1 saturated carbocycles. The second-order valence-electron chi connectivity index (χ2n) is 10.9. The first-order chi connectivity index (χ1) is 19.9. The van der Waals surface area contributed by atoms with E-state index >= 15 is 0 Å². The van der Waals surface area contributed by atoms with Gasteiger partial charge in [-0.05, 0) is 67.3 Å². The van der Waals surface area contributed by atoms with Crippen LogP contribution in [0, 0.1) is 23.0 Å². The van der Waals surface area contributed by atoms with Crippen LogP contribution in [0.2, 0.25) is 0 Å². The van der Waals surface area contributed by atoms with E-state index in [1.54, 1.807) is 24.3 Å². The zero-order chi connectivity index (χ0) is 28.5. The van der Waals surface area contributed by atoms with Crippen molar-refractivity contribution < 1.29 is 9.72 Å². The fraction of sp³-hybridized carbons (Fsp3) is 0.273. The van der Waals surface area contributed by atoms with Crippen LogP contribution >= 0.6 is 11.8 Å². The number of amidine groups is 1. The molecule has 1 aliphatic heterocycles. The zero-order valence-corrected chi connectivity index (χ0v) is 24.0. The van der Waals surface area contributed by atoms with E-state index in [9.17, 15) is 14.9 Å². The highest BCUT2D eigenvalue weighted by Crippen LogP contribution is 2.41. The summed E-state index contributed by atoms with van der Waals surface area (Å²) in [5.41, 5.74) is 5.00. The van der Waals surface area contributed by atoms with Gasteiger partial charge in [-0.1, -0.05) is 68.3 Å². The monoisotopic (exact) mass is 564 g/mol. The molecule has 0 unspecified atom stereocenters. The number of carbonyl (C=O) groups excluding carboxylic acids is 1. The first-order valence-corrected chi connectivity index (χ1v) is 14.9. The van der Waals surface area contributed by atoms with Crippen molar-refractivity contribution in [1.29, 1.82) is 0 Å². The lowest BCUT2D eigenvalue weighted by Crippen LogP contribution is -2.44. The molecule has 0 radical (unpaired) electrons. The Morgan fingerprint density at radius 1 is 1.00 bits per heavy atom. The van der Waals surface area contributed by atoms with Crippen LogP contribution in [0.15, 0.2) is 88.8 Å². The number of hydrogen-bond donors (Lipinski definition) is 0. The van der Waals surface area contributed by atoms with Gasteiger partial charge in [-0.25, -0.2) is 4.99 Å². The fourth-order valence-corrected chi connectivity index (χ4v) is 7.06. The molecule has 41 heavy (non-hydrogen) atoms. The van der Waals surface area contributed by atoms with E-state index in [1.165, 1.54) is 18.2 Å². The van der Waals surface area contributed by atoms with Crippen LogP contribution in [0.1, 0.15) is 49.4 Å². The summed E-state index contributed by atoms with van der Waals surface area (Å²) in [4.78, 5) is 32.4. The maximum atomic E-state index is 14.1. The third kappa shape index (κ3) is 5.32. The molecule has 3 aromatic carbocycles. The van der Waals surface area contributed by atoms with Crippen LogP contribution in [0.4, 0.5) is 11.4 Å². The quantitative estimate of drug-likeness (QED) is 0.135. The van der Waals surface area contributed by atoms with Crippen LogP contribution in [0.3, 0.4) is 0 Å². The Kier molecular flexibility index (Phi) is 7.49. The van der Waals surface area contributed by atoms with Crippen molar-refractivity contribution in [1.82, 2.24) is 9.47 Å². The third-order valence-electron chi connectivity index (χ3n) is 8.26. The second kappa shape index (κ2) is 11.4. The molecule has 0 N–H and O–H groups in total. The molecule has 4 aromatic rings. The molecule has 6 rings (SSSR count). The molecule has 2 heterocycles. The van der Waals surface area contributed by atoms with E-state index < -0.39 is 0 Å². The number of nitro benzene ring substituents is 1. The molecule has 2 atom stereocenters. The molecule has 1 saturated heterocycles. The molecule has 208 valence electrons. The lowest BCUT2D eigenvalue weighted by Gasteiger charge is -2.35. The van der Waals surface area contributed by atoms with E-state index in [0.29, 0.717) is 17.4 Å². The maximum Gasteiger partial charge on any atom is 0.269 e. The second-order valence-corrected chi connectivity index (χ2v) is 11.9. The predicted octanol–water partition coefficient (Wildman–Crippen LogP) is 8.09. The Labute approximate surface area is 243 Å². The largest absolute Gasteiger partial charge is 0.340 e. The van der Waals surface area contributed by atoms with Gasteiger partial charge in [0.2, 0.25) is 0 Å². The topological polar surface area (TPSA) is 80.7 Å². The van der Waals surface area contributed by atoms with Gasteiger partial charge in [0.05, 0.1) is 15.5 Å². The third-order valence-corrected chi connectivity index (χ3v) is 9.24. The zero-order valence-electron chi connectivity index (χ0n) is 23.2. The van der Waals surface area contributed by atoms with Crippen molar-refractivity contribution in [3.63, 3.8) is 0 Å². The van der Waals surface area contributed by atoms with E-state index in [-0.39, 0.29) is 22.6 Å². The fourth-order valence-electron chi connectivity index (χ4n) is 6.03. The van der Waals surface area contributed by atoms with Gasteiger partial charge in [-0.15, -0.1) is 0 Å². The van der Waals surface area contributed by atoms with Gasteiger partial charge in [0, 0.05) is 46.9 Å². The number of aliphatic imine (C=N–C) groups is 1. The van der Waals surface area contributed by atoms with Crippen molar-refractivity contribution in [2.75, 3.05) is 0 Å². The standard InChI is InChI=1S/C33H32N4O3S/c1-22-10-6-8-14-29(22)36-32(38)31(41-33(36)34-25-11-4-3-5-12-25)20-28-23(2)35(30-15-9-7-13-27(28)30)21-24-16-18-26(19-17-24)37(39)40/h3-5,7,9,11-13,15-20,22,29H,6,8,10,14,21H2,1-2H3/b31-20-,34-33?/t22-,29-/m1/s1. The van der Waals surface area contributed by atoms with Crippen LogP contribution in [-0.2, 0) is 11.3 Å². The van der Waals surface area contributed by atoms with Crippen LogP contribution in [0.5, 0.6) is 0 Å². The first kappa shape index (κ1) is 27.0. The van der Waals surface area contributed by atoms with Gasteiger partial charge in [0.25, 0.3) is 11.6 Å². The number of rotatable bonds is 6. The minimum atomic E-state index is -0.382. The molecular weight excluding hydrogens is 532 g/mol. The summed E-state index contributed by atoms with van der Waals surface area (Å²) in [5.74, 6) is 0.439. The number of benzene rings is 3. The lowest BCUT2D eigenvalue weighted by molar-refractivity contribution is -0.384. The number of amides is 1. The summed E-state index contributed by atoms with van der Waals surface area (Å²) in [6.45, 7) is 4.89. The number of para-hydroxylation sites is 2. The van der Waals surface area contributed by atoms with Gasteiger partial charge < -0.3 is 4.57 Å². The Bertz CT molecular complexity index is 1670. The van der Waals surface area contributed by atoms with E-state index in [4.69, 9.17) is 4.99 Å². The van der Waals surface area contributed by atoms with Gasteiger partial charge >= 0.3 is 0 Å². The van der Waals surface area contributed by atoms with Crippen molar-refractivity contribution >= 4 is 51.2 Å². The van der Waals surface area contributed by atoms with E-state index in [1.807, 2.05) is 53.4 Å². The molecule has 0 bridgehead atoms. The smallest absolute Gasteiger partial charge is 0.269 e. The van der Waals surface area contributed by atoms with Gasteiger partial charge in [0.15, 0.2) is 5.17 Å². The Morgan fingerprint density at radius 2 is 1.71 bits per heavy atom. The highest BCUT2D eigenvalue weighted by molar-refractivity contribution is 8.18. The van der Waals surface area contributed by atoms with Gasteiger partial charge in [0.1, 0.15) is 0 Å². The molecule has 2 fully saturated rings. The highest BCUT2D eigenvalue weighted by Gasteiger charge is 2.41. The van der Waals surface area contributed by atoms with Crippen LogP contribution in [-0.4, -0.2) is 31.5 Å². The molecule has 1 amide bonds. The first-order valence-electron chi connectivity index (χ1n) is 14.1. The van der Waals surface area contributed by atoms with Crippen molar-refractivity contribution in [3.8, 4) is 0 Å². The highest BCUT2D eigenvalue weighted by atomic mass is 32.2. The molecule has 1 aliphatic carbocycles. The Balaban J connectivity index is 1.40. The molecule has 1 aromatic heterocycles. The number of aromatic nitrogens is 1. The maximum absolute atomic E-state index is 14.1. The summed E-state index contributed by atoms with van der Waals surface area (Å²) in [5, 5.41) is 12.9. The molecule has 8 heteroatoms. The number of nitro groups is 1. The summed E-state index contributed by atoms with van der Waals surface area (Å²) in [7, 11) is 0. The normalized spacial score (nSPS) is 21.3. The predicted molar refractivity (Wildman–Crippen MR) is 166 cm³/mol. The van der Waals surface area contributed by atoms with Gasteiger partial charge in [-0.2, -0.15) is 0 Å². The number of thioether (sulfide) groups is 1. The number of hydrogen-bond acceptors (Lipinski definition) is 5. The molecule has 2 aliphatic rings. The van der Waals surface area contributed by atoms with Crippen LogP contribution in [0.25, 0.3) is 17.0 Å². The van der Waals surface area contributed by atoms with Crippen molar-refractivity contribution in [3.05, 3.63) is 111 Å². The summed E-state index contributed by atoms with van der Waals surface area (Å²) >= 11 is 1.46. The number of nitrogens with zero attached hydrogens (tertiary/aromatic N) is 4. The number of fused-ring (bicyclic) bond motifs is 1. The molecular formula is C33H32N4O3S. The minimum absolute atomic E-state index is 0.0232. The summed E-state index contributed by atoms with van der Waals surface area (Å²) < 4.78 is 2.22. The van der Waals surface area contributed by atoms with Crippen molar-refractivity contribution in [2.24, 2.45) is 10.9 Å². The minimum Gasteiger partial charge on any atom is -0.340 e. The molecule has 7 nitrogen and oxygen atoms in total. The Morgan fingerprint density at radius 3 is 2.44 bits per heavy atom. The lowest BCUT2D eigenvalue weighted by atomic mass is 9.85. The van der Waals surface area contributed by atoms with Crippen LogP contribution < -0.4 is 0 Å². The summed E-state index contributed by atoms with van der Waals surface area (Å²) in [6, 6.07) is 24.9. The average Bonchev–Trinajstić information content (AvgIpc) is 3.42. The van der Waals surface area contributed by atoms with Crippen molar-refractivity contribution in [2.45, 2.75) is 52.1 Å².